The molecule has 0 N–H and O–H groups in total. The highest BCUT2D eigenvalue weighted by Gasteiger charge is 2.25. The van der Waals surface area contributed by atoms with Gasteiger partial charge in [-0.3, -0.25) is 0 Å². The Labute approximate surface area is 70.0 Å². The molecule has 11 heavy (non-hydrogen) atoms. The molecule has 0 atom stereocenters. The van der Waals surface area contributed by atoms with Crippen molar-refractivity contribution in [3.8, 4) is 0 Å². The van der Waals surface area contributed by atoms with Gasteiger partial charge in [0.1, 0.15) is 5.82 Å². The second-order valence-corrected chi connectivity index (χ2v) is 3.35. The van der Waals surface area contributed by atoms with Gasteiger partial charge in [-0.15, -0.1) is 0 Å². The summed E-state index contributed by atoms with van der Waals surface area (Å²) in [6, 6.07) is 4.57. The number of halogens is 2. The van der Waals surface area contributed by atoms with Crippen molar-refractivity contribution in [1.82, 2.24) is 0 Å². The molecule has 0 aliphatic heterocycles. The molecule has 0 amide bonds. The Bertz CT molecular complexity index is 279. The van der Waals surface area contributed by atoms with Gasteiger partial charge in [-0.1, -0.05) is 11.6 Å². The van der Waals surface area contributed by atoms with E-state index in [1.165, 1.54) is 6.07 Å². The van der Waals surface area contributed by atoms with Crippen LogP contribution in [0.1, 0.15) is 24.3 Å². The van der Waals surface area contributed by atoms with Crippen LogP contribution < -0.4 is 0 Å². The van der Waals surface area contributed by atoms with E-state index in [4.69, 9.17) is 11.6 Å². The van der Waals surface area contributed by atoms with Crippen LogP contribution in [-0.2, 0) is 0 Å². The topological polar surface area (TPSA) is 0 Å². The van der Waals surface area contributed by atoms with Crippen molar-refractivity contribution in [3.05, 3.63) is 34.6 Å². The van der Waals surface area contributed by atoms with Gasteiger partial charge in [0.2, 0.25) is 0 Å². The molecule has 2 rings (SSSR count). The van der Waals surface area contributed by atoms with E-state index >= 15 is 0 Å². The third-order valence-corrected chi connectivity index (χ3v) is 2.32. The minimum absolute atomic E-state index is 0.184. The fraction of sp³-hybridized carbons (Fsp3) is 0.333. The first-order valence-electron chi connectivity index (χ1n) is 3.72. The van der Waals surface area contributed by atoms with Gasteiger partial charge in [-0.05, 0) is 42.5 Å². The summed E-state index contributed by atoms with van der Waals surface area (Å²) < 4.78 is 12.7. The van der Waals surface area contributed by atoms with E-state index in [1.807, 2.05) is 0 Å². The van der Waals surface area contributed by atoms with Crippen LogP contribution in [0.2, 0.25) is 5.02 Å². The van der Waals surface area contributed by atoms with Gasteiger partial charge in [0.25, 0.3) is 0 Å². The molecule has 1 aromatic rings. The summed E-state index contributed by atoms with van der Waals surface area (Å²) in [5.41, 5.74) is 0.978. The minimum atomic E-state index is -0.184. The van der Waals surface area contributed by atoms with Crippen LogP contribution in [0.15, 0.2) is 18.2 Å². The zero-order valence-corrected chi connectivity index (χ0v) is 6.74. The maximum Gasteiger partial charge on any atom is 0.123 e. The Morgan fingerprint density at radius 2 is 2.09 bits per heavy atom. The van der Waals surface area contributed by atoms with Crippen LogP contribution in [0.4, 0.5) is 4.39 Å². The summed E-state index contributed by atoms with van der Waals surface area (Å²) in [6.45, 7) is 0. The molecule has 0 saturated heterocycles. The molecule has 1 aromatic carbocycles. The Kier molecular flexibility index (Phi) is 1.61. The molecule has 1 aliphatic rings. The summed E-state index contributed by atoms with van der Waals surface area (Å²) in [5, 5.41) is 0.703. The van der Waals surface area contributed by atoms with E-state index in [1.54, 1.807) is 12.1 Å². The van der Waals surface area contributed by atoms with Crippen molar-refractivity contribution >= 4 is 11.6 Å². The van der Waals surface area contributed by atoms with Crippen molar-refractivity contribution in [2.45, 2.75) is 18.8 Å². The van der Waals surface area contributed by atoms with E-state index < -0.39 is 0 Å². The highest BCUT2D eigenvalue weighted by atomic mass is 35.5. The lowest BCUT2D eigenvalue weighted by molar-refractivity contribution is 0.625. The zero-order valence-electron chi connectivity index (χ0n) is 5.98. The average molecular weight is 171 g/mol. The molecule has 0 heterocycles. The zero-order chi connectivity index (χ0) is 7.84. The van der Waals surface area contributed by atoms with Crippen LogP contribution >= 0.6 is 11.6 Å². The molecular formula is C9H8ClF. The largest absolute Gasteiger partial charge is 0.207 e. The Morgan fingerprint density at radius 1 is 1.36 bits per heavy atom. The number of benzene rings is 1. The Balaban J connectivity index is 2.42. The highest BCUT2D eigenvalue weighted by Crippen LogP contribution is 2.43. The maximum absolute atomic E-state index is 12.7. The molecule has 58 valence electrons. The third kappa shape index (κ3) is 1.38. The summed E-state index contributed by atoms with van der Waals surface area (Å²) in [6.07, 6.45) is 2.31. The van der Waals surface area contributed by atoms with Crippen molar-refractivity contribution in [2.75, 3.05) is 0 Å². The molecule has 1 aliphatic carbocycles. The van der Waals surface area contributed by atoms with Crippen LogP contribution in [0.25, 0.3) is 0 Å². The van der Waals surface area contributed by atoms with Gasteiger partial charge < -0.3 is 0 Å². The number of hydrogen-bond acceptors (Lipinski definition) is 0. The van der Waals surface area contributed by atoms with E-state index in [2.05, 4.69) is 0 Å². The fourth-order valence-electron chi connectivity index (χ4n) is 1.22. The van der Waals surface area contributed by atoms with Crippen LogP contribution in [0.3, 0.4) is 0 Å². The number of rotatable bonds is 1. The fourth-order valence-corrected chi connectivity index (χ4v) is 1.49. The van der Waals surface area contributed by atoms with E-state index in [9.17, 15) is 4.39 Å². The quantitative estimate of drug-likeness (QED) is 0.607. The Morgan fingerprint density at radius 3 is 2.73 bits per heavy atom. The van der Waals surface area contributed by atoms with Gasteiger partial charge in [0, 0.05) is 5.02 Å². The molecule has 0 unspecified atom stereocenters. The second kappa shape index (κ2) is 2.49. The SMILES string of the molecule is Fc1ccc(Cl)c(C2CC2)c1. The second-order valence-electron chi connectivity index (χ2n) is 2.94. The normalized spacial score (nSPS) is 16.9. The first-order valence-corrected chi connectivity index (χ1v) is 4.10. The van der Waals surface area contributed by atoms with Gasteiger partial charge >= 0.3 is 0 Å². The predicted molar refractivity (Wildman–Crippen MR) is 43.4 cm³/mol. The minimum Gasteiger partial charge on any atom is -0.207 e. The van der Waals surface area contributed by atoms with Gasteiger partial charge in [-0.2, -0.15) is 0 Å². The molecule has 1 saturated carbocycles. The van der Waals surface area contributed by atoms with Crippen molar-refractivity contribution in [2.24, 2.45) is 0 Å². The van der Waals surface area contributed by atoms with Crippen LogP contribution in [0, 0.1) is 5.82 Å². The molecule has 0 bridgehead atoms. The highest BCUT2D eigenvalue weighted by molar-refractivity contribution is 6.31. The van der Waals surface area contributed by atoms with Gasteiger partial charge in [0.15, 0.2) is 0 Å². The van der Waals surface area contributed by atoms with E-state index in [0.717, 1.165) is 18.4 Å². The molecule has 2 heteroatoms. The van der Waals surface area contributed by atoms with Crippen molar-refractivity contribution in [1.29, 1.82) is 0 Å². The lowest BCUT2D eigenvalue weighted by Gasteiger charge is -2.00. The van der Waals surface area contributed by atoms with Gasteiger partial charge in [0.05, 0.1) is 0 Å². The van der Waals surface area contributed by atoms with Crippen LogP contribution in [0.5, 0.6) is 0 Å². The summed E-state index contributed by atoms with van der Waals surface area (Å²) in [7, 11) is 0. The maximum atomic E-state index is 12.7. The van der Waals surface area contributed by atoms with Crippen molar-refractivity contribution < 1.29 is 4.39 Å². The van der Waals surface area contributed by atoms with E-state index in [0.29, 0.717) is 10.9 Å². The monoisotopic (exact) mass is 170 g/mol. The molecule has 0 spiro atoms. The first kappa shape index (κ1) is 7.11. The molecule has 0 nitrogen and oxygen atoms in total. The van der Waals surface area contributed by atoms with E-state index in [-0.39, 0.29) is 5.82 Å². The van der Waals surface area contributed by atoms with Crippen LogP contribution in [-0.4, -0.2) is 0 Å². The third-order valence-electron chi connectivity index (χ3n) is 1.98. The average Bonchev–Trinajstić information content (AvgIpc) is 2.76. The van der Waals surface area contributed by atoms with Crippen molar-refractivity contribution in [3.63, 3.8) is 0 Å². The molecule has 0 radical (unpaired) electrons. The molecular weight excluding hydrogens is 163 g/mol. The smallest absolute Gasteiger partial charge is 0.123 e. The summed E-state index contributed by atoms with van der Waals surface area (Å²) in [4.78, 5) is 0. The Hall–Kier alpha value is -0.560. The lowest BCUT2D eigenvalue weighted by atomic mass is 10.1. The molecule has 0 aromatic heterocycles. The first-order chi connectivity index (χ1) is 5.27. The molecule has 1 fully saturated rings. The predicted octanol–water partition coefficient (Wildman–Crippen LogP) is 3.36. The standard InChI is InChI=1S/C9H8ClF/c10-9-4-3-7(11)5-8(9)6-1-2-6/h3-6H,1-2H2. The number of hydrogen-bond donors (Lipinski definition) is 0. The summed E-state index contributed by atoms with van der Waals surface area (Å²) >= 11 is 5.86. The lowest BCUT2D eigenvalue weighted by Crippen LogP contribution is -1.83. The van der Waals surface area contributed by atoms with Gasteiger partial charge in [-0.25, -0.2) is 4.39 Å². The summed E-state index contributed by atoms with van der Waals surface area (Å²) in [5.74, 6) is 0.342.